The Bertz CT molecular complexity index is 590. The molecule has 0 saturated carbocycles. The molecule has 0 aliphatic carbocycles. The van der Waals surface area contributed by atoms with Crippen molar-refractivity contribution in [3.8, 4) is 0 Å². The molecule has 110 valence electrons. The molecule has 1 atom stereocenters. The predicted molar refractivity (Wildman–Crippen MR) is 88.3 cm³/mol. The number of hydrogen-bond donors (Lipinski definition) is 0. The molecule has 1 aromatic carbocycles. The molecule has 0 radical (unpaired) electrons. The molecule has 2 aromatic rings. The Labute approximate surface area is 133 Å². The van der Waals surface area contributed by atoms with Crippen molar-refractivity contribution in [3.63, 3.8) is 0 Å². The van der Waals surface area contributed by atoms with E-state index in [4.69, 9.17) is 0 Å². The van der Waals surface area contributed by atoms with E-state index in [0.29, 0.717) is 6.04 Å². The summed E-state index contributed by atoms with van der Waals surface area (Å²) < 4.78 is 0.966. The number of rotatable bonds is 3. The Balaban J connectivity index is 1.66. The second-order valence-corrected chi connectivity index (χ2v) is 6.31. The lowest BCUT2D eigenvalue weighted by atomic mass is 10.1. The zero-order valence-electron chi connectivity index (χ0n) is 12.1. The largest absolute Gasteiger partial charge is 0.350 e. The third-order valence-corrected chi connectivity index (χ3v) is 4.44. The topological polar surface area (TPSA) is 32.3 Å². The van der Waals surface area contributed by atoms with Crippen LogP contribution >= 0.6 is 15.9 Å². The minimum Gasteiger partial charge on any atom is -0.350 e. The minimum atomic E-state index is 0.439. The van der Waals surface area contributed by atoms with Crippen LogP contribution in [0.3, 0.4) is 0 Å². The van der Waals surface area contributed by atoms with Gasteiger partial charge in [-0.1, -0.05) is 30.3 Å². The summed E-state index contributed by atoms with van der Waals surface area (Å²) in [6, 6.07) is 11.1. The molecule has 0 spiro atoms. The standard InChI is InChI=1S/C16H19BrN4/c1-13-10-20(11-14-5-3-2-4-6-14)7-8-21(13)16-15(17)9-18-12-19-16/h2-6,9,12-13H,7-8,10-11H2,1H3. The molecule has 21 heavy (non-hydrogen) atoms. The summed E-state index contributed by atoms with van der Waals surface area (Å²) in [5, 5.41) is 0. The fourth-order valence-electron chi connectivity index (χ4n) is 2.85. The Morgan fingerprint density at radius 2 is 2.05 bits per heavy atom. The molecule has 0 bridgehead atoms. The van der Waals surface area contributed by atoms with Gasteiger partial charge in [-0.15, -0.1) is 0 Å². The van der Waals surface area contributed by atoms with Crippen LogP contribution in [0.1, 0.15) is 12.5 Å². The lowest BCUT2D eigenvalue weighted by Crippen LogP contribution is -2.52. The number of nitrogens with zero attached hydrogens (tertiary/aromatic N) is 4. The van der Waals surface area contributed by atoms with E-state index >= 15 is 0 Å². The average Bonchev–Trinajstić information content (AvgIpc) is 2.50. The first-order chi connectivity index (χ1) is 10.2. The van der Waals surface area contributed by atoms with Gasteiger partial charge in [0.15, 0.2) is 0 Å². The third-order valence-electron chi connectivity index (χ3n) is 3.88. The van der Waals surface area contributed by atoms with Crippen LogP contribution in [0.2, 0.25) is 0 Å². The van der Waals surface area contributed by atoms with E-state index in [2.05, 4.69) is 73.0 Å². The third kappa shape index (κ3) is 3.41. The smallest absolute Gasteiger partial charge is 0.146 e. The normalized spacial score (nSPS) is 19.7. The van der Waals surface area contributed by atoms with Crippen molar-refractivity contribution >= 4 is 21.7 Å². The van der Waals surface area contributed by atoms with Crippen molar-refractivity contribution in [2.45, 2.75) is 19.5 Å². The van der Waals surface area contributed by atoms with Crippen molar-refractivity contribution in [2.75, 3.05) is 24.5 Å². The molecule has 4 nitrogen and oxygen atoms in total. The van der Waals surface area contributed by atoms with E-state index < -0.39 is 0 Å². The zero-order valence-corrected chi connectivity index (χ0v) is 13.7. The summed E-state index contributed by atoms with van der Waals surface area (Å²) in [6.45, 7) is 6.36. The van der Waals surface area contributed by atoms with Crippen molar-refractivity contribution in [3.05, 3.63) is 52.9 Å². The van der Waals surface area contributed by atoms with E-state index in [9.17, 15) is 0 Å². The molecule has 3 rings (SSSR count). The van der Waals surface area contributed by atoms with Crippen molar-refractivity contribution < 1.29 is 0 Å². The molecule has 0 N–H and O–H groups in total. The summed E-state index contributed by atoms with van der Waals surface area (Å²) in [5.74, 6) is 0.997. The summed E-state index contributed by atoms with van der Waals surface area (Å²) in [6.07, 6.45) is 3.43. The molecule has 1 saturated heterocycles. The Kier molecular flexibility index (Phi) is 4.51. The van der Waals surface area contributed by atoms with Gasteiger partial charge < -0.3 is 4.90 Å². The van der Waals surface area contributed by atoms with Gasteiger partial charge in [0.1, 0.15) is 12.1 Å². The fraction of sp³-hybridized carbons (Fsp3) is 0.375. The first-order valence-electron chi connectivity index (χ1n) is 7.22. The number of hydrogen-bond acceptors (Lipinski definition) is 4. The molecule has 1 aliphatic rings. The molecule has 1 aliphatic heterocycles. The van der Waals surface area contributed by atoms with Gasteiger partial charge in [-0.05, 0) is 28.4 Å². The molecule has 2 heterocycles. The van der Waals surface area contributed by atoms with Crippen molar-refractivity contribution in [1.82, 2.24) is 14.9 Å². The molecule has 1 aromatic heterocycles. The van der Waals surface area contributed by atoms with Crippen LogP contribution in [-0.2, 0) is 6.54 Å². The highest BCUT2D eigenvalue weighted by Crippen LogP contribution is 2.26. The first kappa shape index (κ1) is 14.5. The lowest BCUT2D eigenvalue weighted by molar-refractivity contribution is 0.220. The van der Waals surface area contributed by atoms with E-state index in [1.807, 2.05) is 6.20 Å². The fourth-order valence-corrected chi connectivity index (χ4v) is 3.30. The van der Waals surface area contributed by atoms with Crippen molar-refractivity contribution in [2.24, 2.45) is 0 Å². The van der Waals surface area contributed by atoms with E-state index in [1.54, 1.807) is 6.33 Å². The summed E-state index contributed by atoms with van der Waals surface area (Å²) in [7, 11) is 0. The molecule has 0 amide bonds. The average molecular weight is 347 g/mol. The first-order valence-corrected chi connectivity index (χ1v) is 8.02. The molecule has 1 fully saturated rings. The highest BCUT2D eigenvalue weighted by Gasteiger charge is 2.25. The number of halogens is 1. The van der Waals surface area contributed by atoms with Gasteiger partial charge in [0.05, 0.1) is 4.47 Å². The zero-order chi connectivity index (χ0) is 14.7. The quantitative estimate of drug-likeness (QED) is 0.855. The van der Waals surface area contributed by atoms with E-state index in [0.717, 1.165) is 36.5 Å². The monoisotopic (exact) mass is 346 g/mol. The van der Waals surface area contributed by atoms with Gasteiger partial charge in [0, 0.05) is 38.4 Å². The minimum absolute atomic E-state index is 0.439. The number of piperazine rings is 1. The Hall–Kier alpha value is -1.46. The van der Waals surface area contributed by atoms with Crippen LogP contribution in [-0.4, -0.2) is 40.5 Å². The maximum absolute atomic E-state index is 4.41. The molecule has 5 heteroatoms. The van der Waals surface area contributed by atoms with Crippen LogP contribution in [0.4, 0.5) is 5.82 Å². The molecular formula is C16H19BrN4. The molecule has 1 unspecified atom stereocenters. The van der Waals surface area contributed by atoms with Gasteiger partial charge in [-0.3, -0.25) is 4.90 Å². The van der Waals surface area contributed by atoms with Gasteiger partial charge in [0.25, 0.3) is 0 Å². The van der Waals surface area contributed by atoms with Gasteiger partial charge in [0.2, 0.25) is 0 Å². The van der Waals surface area contributed by atoms with Crippen LogP contribution < -0.4 is 4.90 Å². The summed E-state index contributed by atoms with van der Waals surface area (Å²) >= 11 is 3.55. The van der Waals surface area contributed by atoms with Gasteiger partial charge in [-0.25, -0.2) is 9.97 Å². The summed E-state index contributed by atoms with van der Waals surface area (Å²) in [4.78, 5) is 13.3. The second kappa shape index (κ2) is 6.54. The lowest BCUT2D eigenvalue weighted by Gasteiger charge is -2.40. The van der Waals surface area contributed by atoms with Crippen LogP contribution in [0, 0.1) is 0 Å². The molecular weight excluding hydrogens is 328 g/mol. The van der Waals surface area contributed by atoms with E-state index in [1.165, 1.54) is 5.56 Å². The van der Waals surface area contributed by atoms with Crippen LogP contribution in [0.15, 0.2) is 47.3 Å². The van der Waals surface area contributed by atoms with Crippen molar-refractivity contribution in [1.29, 1.82) is 0 Å². The SMILES string of the molecule is CC1CN(Cc2ccccc2)CCN1c1ncncc1Br. The maximum Gasteiger partial charge on any atom is 0.146 e. The van der Waals surface area contributed by atoms with Crippen LogP contribution in [0.5, 0.6) is 0 Å². The summed E-state index contributed by atoms with van der Waals surface area (Å²) in [5.41, 5.74) is 1.38. The number of aromatic nitrogens is 2. The van der Waals surface area contributed by atoms with E-state index in [-0.39, 0.29) is 0 Å². The second-order valence-electron chi connectivity index (χ2n) is 5.46. The maximum atomic E-state index is 4.41. The highest BCUT2D eigenvalue weighted by atomic mass is 79.9. The highest BCUT2D eigenvalue weighted by molar-refractivity contribution is 9.10. The Morgan fingerprint density at radius 1 is 1.24 bits per heavy atom. The van der Waals surface area contributed by atoms with Gasteiger partial charge in [-0.2, -0.15) is 0 Å². The Morgan fingerprint density at radius 3 is 2.76 bits per heavy atom. The van der Waals surface area contributed by atoms with Gasteiger partial charge >= 0.3 is 0 Å². The number of anilines is 1. The van der Waals surface area contributed by atoms with Crippen LogP contribution in [0.25, 0.3) is 0 Å². The predicted octanol–water partition coefficient (Wildman–Crippen LogP) is 2.95. The number of benzene rings is 1.